The number of rotatable bonds is 8. The molecule has 0 atom stereocenters. The van der Waals surface area contributed by atoms with Crippen molar-refractivity contribution >= 4 is 28.5 Å². The molecule has 11 heteroatoms. The molecule has 0 spiro atoms. The first-order chi connectivity index (χ1) is 15.8. The van der Waals surface area contributed by atoms with Crippen LogP contribution in [0.5, 0.6) is 11.5 Å². The van der Waals surface area contributed by atoms with E-state index in [2.05, 4.69) is 4.74 Å². The molecule has 3 rings (SSSR count). The van der Waals surface area contributed by atoms with Gasteiger partial charge in [-0.05, 0) is 30.3 Å². The molecule has 11 nitrogen and oxygen atoms in total. The van der Waals surface area contributed by atoms with Crippen LogP contribution >= 0.6 is 0 Å². The number of pyridine rings is 1. The summed E-state index contributed by atoms with van der Waals surface area (Å²) in [6.07, 6.45) is 0. The van der Waals surface area contributed by atoms with E-state index in [4.69, 9.17) is 14.2 Å². The summed E-state index contributed by atoms with van der Waals surface area (Å²) < 4.78 is 21.6. The highest BCUT2D eigenvalue weighted by Gasteiger charge is 2.19. The van der Waals surface area contributed by atoms with Crippen LogP contribution < -0.4 is 15.0 Å². The van der Waals surface area contributed by atoms with Crippen LogP contribution in [0.2, 0.25) is 0 Å². The molecular weight excluding hydrogens is 436 g/mol. The number of carbonyl (C=O) groups is 2. The summed E-state index contributed by atoms with van der Waals surface area (Å²) in [4.78, 5) is 47.2. The molecular formula is C22H20N2O9. The fourth-order valence-electron chi connectivity index (χ4n) is 3.27. The molecule has 1 heterocycles. The van der Waals surface area contributed by atoms with E-state index in [0.717, 1.165) is 0 Å². The second kappa shape index (κ2) is 9.81. The topological polar surface area (TPSA) is 136 Å². The molecule has 0 fully saturated rings. The van der Waals surface area contributed by atoms with E-state index in [0.29, 0.717) is 10.9 Å². The second-order valence-electron chi connectivity index (χ2n) is 6.71. The minimum absolute atomic E-state index is 0.0113. The first-order valence-electron chi connectivity index (χ1n) is 9.60. The number of nitrogens with zero attached hydrogens (tertiary/aromatic N) is 2. The van der Waals surface area contributed by atoms with Crippen LogP contribution in [0.1, 0.15) is 20.7 Å². The van der Waals surface area contributed by atoms with Crippen LogP contribution in [-0.2, 0) is 16.0 Å². The van der Waals surface area contributed by atoms with Gasteiger partial charge in [-0.2, -0.15) is 0 Å². The van der Waals surface area contributed by atoms with E-state index >= 15 is 0 Å². The number of fused-ring (bicyclic) bond motifs is 1. The molecule has 0 aliphatic rings. The number of esters is 2. The molecule has 0 saturated carbocycles. The van der Waals surface area contributed by atoms with Gasteiger partial charge in [0, 0.05) is 17.5 Å². The van der Waals surface area contributed by atoms with Gasteiger partial charge in [0.1, 0.15) is 12.4 Å². The standard InChI is InChI=1S/C22H20N2O9/c1-30-19-11-13-10-14(24(28)29)4-7-18(13)23(20(19)25)8-9-33-15-5-6-16(21(26)31-2)17(12-15)22(27)32-3/h4-7,10-12H,8-9H2,1-3H3. The van der Waals surface area contributed by atoms with Crippen LogP contribution in [0.4, 0.5) is 5.69 Å². The zero-order valence-electron chi connectivity index (χ0n) is 18.0. The van der Waals surface area contributed by atoms with E-state index in [-0.39, 0.29) is 41.5 Å². The normalized spacial score (nSPS) is 10.5. The van der Waals surface area contributed by atoms with Crippen LogP contribution in [0.3, 0.4) is 0 Å². The third-order valence-electron chi connectivity index (χ3n) is 4.86. The maximum absolute atomic E-state index is 12.7. The number of ether oxygens (including phenoxy) is 4. The lowest BCUT2D eigenvalue weighted by Crippen LogP contribution is -2.24. The van der Waals surface area contributed by atoms with E-state index in [1.54, 1.807) is 0 Å². The van der Waals surface area contributed by atoms with E-state index in [1.807, 2.05) is 0 Å². The van der Waals surface area contributed by atoms with Crippen LogP contribution in [0, 0.1) is 10.1 Å². The van der Waals surface area contributed by atoms with Crippen molar-refractivity contribution in [1.29, 1.82) is 0 Å². The number of nitro groups is 1. The molecule has 0 bridgehead atoms. The molecule has 0 N–H and O–H groups in total. The number of nitro benzene ring substituents is 1. The van der Waals surface area contributed by atoms with Crippen molar-refractivity contribution < 1.29 is 33.5 Å². The maximum Gasteiger partial charge on any atom is 0.338 e. The average Bonchev–Trinajstić information content (AvgIpc) is 2.83. The third kappa shape index (κ3) is 4.76. The number of aromatic nitrogens is 1. The monoisotopic (exact) mass is 456 g/mol. The van der Waals surface area contributed by atoms with Crippen molar-refractivity contribution in [2.45, 2.75) is 6.54 Å². The fraction of sp³-hybridized carbons (Fsp3) is 0.227. The Labute approximate surface area is 187 Å². The van der Waals surface area contributed by atoms with Crippen molar-refractivity contribution in [2.24, 2.45) is 0 Å². The molecule has 1 aromatic heterocycles. The first-order valence-corrected chi connectivity index (χ1v) is 9.60. The molecule has 172 valence electrons. The van der Waals surface area contributed by atoms with Crippen molar-refractivity contribution in [3.8, 4) is 11.5 Å². The van der Waals surface area contributed by atoms with E-state index in [1.165, 1.54) is 68.4 Å². The Kier molecular flexibility index (Phi) is 6.91. The Balaban J connectivity index is 1.90. The SMILES string of the molecule is COC(=O)c1ccc(OCCn2c(=O)c(OC)cc3cc([N+](=O)[O-])ccc32)cc1C(=O)OC. The Bertz CT molecular complexity index is 1300. The molecule has 0 amide bonds. The van der Waals surface area contributed by atoms with Gasteiger partial charge in [0.05, 0.1) is 49.4 Å². The summed E-state index contributed by atoms with van der Waals surface area (Å²) >= 11 is 0. The highest BCUT2D eigenvalue weighted by atomic mass is 16.6. The molecule has 0 aliphatic heterocycles. The quantitative estimate of drug-likeness (QED) is 0.284. The van der Waals surface area contributed by atoms with Gasteiger partial charge in [0.2, 0.25) is 0 Å². The number of benzene rings is 2. The van der Waals surface area contributed by atoms with Crippen LogP contribution in [-0.4, -0.2) is 49.4 Å². The Morgan fingerprint density at radius 3 is 2.30 bits per heavy atom. The van der Waals surface area contributed by atoms with Crippen LogP contribution in [0.15, 0.2) is 47.3 Å². The molecule has 3 aromatic rings. The zero-order valence-corrected chi connectivity index (χ0v) is 18.0. The summed E-state index contributed by atoms with van der Waals surface area (Å²) in [6.45, 7) is 0.0913. The largest absolute Gasteiger partial charge is 0.492 e. The van der Waals surface area contributed by atoms with Gasteiger partial charge in [-0.3, -0.25) is 14.9 Å². The number of non-ortho nitro benzene ring substituents is 1. The van der Waals surface area contributed by atoms with Crippen LogP contribution in [0.25, 0.3) is 10.9 Å². The number of carbonyl (C=O) groups excluding carboxylic acids is 2. The number of hydrogen-bond donors (Lipinski definition) is 0. The minimum Gasteiger partial charge on any atom is -0.492 e. The van der Waals surface area contributed by atoms with E-state index < -0.39 is 22.4 Å². The minimum atomic E-state index is -0.738. The summed E-state index contributed by atoms with van der Waals surface area (Å²) in [5.41, 5.74) is -0.0940. The Morgan fingerprint density at radius 2 is 1.67 bits per heavy atom. The summed E-state index contributed by atoms with van der Waals surface area (Å²) in [6, 6.07) is 9.77. The van der Waals surface area contributed by atoms with Gasteiger partial charge >= 0.3 is 11.9 Å². The molecule has 33 heavy (non-hydrogen) atoms. The maximum atomic E-state index is 12.7. The average molecular weight is 456 g/mol. The number of methoxy groups -OCH3 is 3. The molecule has 2 aromatic carbocycles. The third-order valence-corrected chi connectivity index (χ3v) is 4.86. The number of hydrogen-bond acceptors (Lipinski definition) is 9. The lowest BCUT2D eigenvalue weighted by molar-refractivity contribution is -0.384. The summed E-state index contributed by atoms with van der Waals surface area (Å²) in [5, 5.41) is 11.5. The fourth-order valence-corrected chi connectivity index (χ4v) is 3.27. The highest BCUT2D eigenvalue weighted by molar-refractivity contribution is 6.03. The predicted octanol–water partition coefficient (Wildman–Crippen LogP) is 2.57. The van der Waals surface area contributed by atoms with Gasteiger partial charge in [0.25, 0.3) is 11.2 Å². The molecule has 0 aliphatic carbocycles. The highest BCUT2D eigenvalue weighted by Crippen LogP contribution is 2.23. The van der Waals surface area contributed by atoms with E-state index in [9.17, 15) is 24.5 Å². The van der Waals surface area contributed by atoms with Gasteiger partial charge in [0.15, 0.2) is 5.75 Å². The predicted molar refractivity (Wildman–Crippen MR) is 116 cm³/mol. The van der Waals surface area contributed by atoms with Gasteiger partial charge in [-0.25, -0.2) is 9.59 Å². The summed E-state index contributed by atoms with van der Waals surface area (Å²) in [5.74, 6) is -1.15. The van der Waals surface area contributed by atoms with Crippen molar-refractivity contribution in [1.82, 2.24) is 4.57 Å². The molecule has 0 radical (unpaired) electrons. The Hall–Kier alpha value is -4.41. The second-order valence-corrected chi connectivity index (χ2v) is 6.71. The van der Waals surface area contributed by atoms with Gasteiger partial charge in [-0.1, -0.05) is 0 Å². The first kappa shape index (κ1) is 23.3. The summed E-state index contributed by atoms with van der Waals surface area (Å²) in [7, 11) is 3.71. The smallest absolute Gasteiger partial charge is 0.338 e. The van der Waals surface area contributed by atoms with Crippen molar-refractivity contribution in [3.63, 3.8) is 0 Å². The van der Waals surface area contributed by atoms with Crippen molar-refractivity contribution in [3.05, 3.63) is 74.1 Å². The lowest BCUT2D eigenvalue weighted by atomic mass is 10.1. The molecule has 0 unspecified atom stereocenters. The molecule has 0 saturated heterocycles. The van der Waals surface area contributed by atoms with Crippen molar-refractivity contribution in [2.75, 3.05) is 27.9 Å². The van der Waals surface area contributed by atoms with Gasteiger partial charge < -0.3 is 23.5 Å². The lowest BCUT2D eigenvalue weighted by Gasteiger charge is -2.14. The zero-order chi connectivity index (χ0) is 24.1. The Morgan fingerprint density at radius 1 is 0.970 bits per heavy atom. The van der Waals surface area contributed by atoms with Gasteiger partial charge in [-0.15, -0.1) is 0 Å².